The average Bonchev–Trinajstić information content (AvgIpc) is 3.38. The Morgan fingerprint density at radius 3 is 2.40 bits per heavy atom. The van der Waals surface area contributed by atoms with Gasteiger partial charge in [0.25, 0.3) is 5.56 Å². The van der Waals surface area contributed by atoms with Crippen LogP contribution in [0.3, 0.4) is 0 Å². The number of amides is 2. The molecule has 2 aromatic rings. The molecule has 1 aliphatic carbocycles. The lowest BCUT2D eigenvalue weighted by molar-refractivity contribution is -0.151. The average molecular weight is 478 g/mol. The summed E-state index contributed by atoms with van der Waals surface area (Å²) in [6, 6.07) is 2.62. The lowest BCUT2D eigenvalue weighted by Gasteiger charge is -2.39. The second-order valence-electron chi connectivity index (χ2n) is 10.4. The maximum atomic E-state index is 13.8. The Labute approximate surface area is 203 Å². The molecular formula is C26H31N5O4. The Balaban J connectivity index is 1.42. The number of aromatic nitrogens is 3. The zero-order valence-corrected chi connectivity index (χ0v) is 19.8. The summed E-state index contributed by atoms with van der Waals surface area (Å²) in [5.41, 5.74) is 1.75. The summed E-state index contributed by atoms with van der Waals surface area (Å²) in [6.45, 7) is 1.59. The van der Waals surface area contributed by atoms with Gasteiger partial charge in [0.2, 0.25) is 11.8 Å². The van der Waals surface area contributed by atoms with Gasteiger partial charge in [0.1, 0.15) is 12.4 Å². The normalized spacial score (nSPS) is 27.9. The minimum atomic E-state index is -0.674. The number of carbonyl (C=O) groups excluding carboxylic acids is 2. The quantitative estimate of drug-likeness (QED) is 0.717. The van der Waals surface area contributed by atoms with Crippen LogP contribution in [0.15, 0.2) is 35.6 Å². The van der Waals surface area contributed by atoms with Crippen LogP contribution in [0.4, 0.5) is 0 Å². The molecule has 1 N–H and O–H groups in total. The Hall–Kier alpha value is -3.07. The van der Waals surface area contributed by atoms with E-state index in [1.54, 1.807) is 27.9 Å². The lowest BCUT2D eigenvalue weighted by atomic mass is 9.84. The van der Waals surface area contributed by atoms with Crippen LogP contribution in [0, 0.1) is 17.8 Å². The van der Waals surface area contributed by atoms with Gasteiger partial charge < -0.3 is 19.5 Å². The Bertz CT molecular complexity index is 1190. The minimum Gasteiger partial charge on any atom is -0.396 e. The first-order valence-electron chi connectivity index (χ1n) is 12.8. The standard InChI is InChI=1S/C26H31N5O4/c32-14-20-19-13-30-21(8-7-18(25(30)34)17-11-27-15-28-12-17)22(19)31(24(33)16-5-4-6-16)23(20)26(35)29-9-2-1-3-10-29/h7-8,11-12,15-16,19-20,22-23,32H,1-6,9-10,13-14H2/t19-,20-,22+,23-/m0/s1. The third-order valence-corrected chi connectivity index (χ3v) is 8.58. The van der Waals surface area contributed by atoms with Gasteiger partial charge in [-0.3, -0.25) is 14.4 Å². The Kier molecular flexibility index (Phi) is 5.67. The van der Waals surface area contributed by atoms with Gasteiger partial charge in [-0.05, 0) is 44.2 Å². The molecule has 2 amide bonds. The topological polar surface area (TPSA) is 109 Å². The molecule has 2 aromatic heterocycles. The van der Waals surface area contributed by atoms with Crippen LogP contribution in [0.2, 0.25) is 0 Å². The number of aliphatic hydroxyl groups is 1. The summed E-state index contributed by atoms with van der Waals surface area (Å²) in [4.78, 5) is 52.8. The third-order valence-electron chi connectivity index (χ3n) is 8.58. The van der Waals surface area contributed by atoms with Gasteiger partial charge in [0.05, 0.1) is 11.6 Å². The van der Waals surface area contributed by atoms with E-state index < -0.39 is 12.0 Å². The molecule has 9 heteroatoms. The fourth-order valence-electron chi connectivity index (χ4n) is 6.54. The van der Waals surface area contributed by atoms with Crippen LogP contribution in [-0.4, -0.2) is 67.0 Å². The second kappa shape index (κ2) is 8.86. The number of hydrogen-bond donors (Lipinski definition) is 1. The fraction of sp³-hybridized carbons (Fsp3) is 0.577. The van der Waals surface area contributed by atoms with Gasteiger partial charge in [-0.1, -0.05) is 6.42 Å². The number of aliphatic hydroxyl groups excluding tert-OH is 1. The van der Waals surface area contributed by atoms with Crippen molar-refractivity contribution in [1.82, 2.24) is 24.3 Å². The highest BCUT2D eigenvalue weighted by molar-refractivity contribution is 5.90. The van der Waals surface area contributed by atoms with Gasteiger partial charge in [0, 0.05) is 67.6 Å². The molecule has 3 aliphatic heterocycles. The zero-order chi connectivity index (χ0) is 24.1. The number of pyridine rings is 1. The van der Waals surface area contributed by atoms with E-state index in [9.17, 15) is 19.5 Å². The molecule has 0 radical (unpaired) electrons. The van der Waals surface area contributed by atoms with Crippen molar-refractivity contribution < 1.29 is 14.7 Å². The monoisotopic (exact) mass is 477 g/mol. The van der Waals surface area contributed by atoms with E-state index in [0.29, 0.717) is 30.8 Å². The van der Waals surface area contributed by atoms with Gasteiger partial charge >= 0.3 is 0 Å². The van der Waals surface area contributed by atoms with Crippen molar-refractivity contribution in [3.8, 4) is 11.1 Å². The zero-order valence-electron chi connectivity index (χ0n) is 19.8. The molecule has 4 atom stereocenters. The van der Waals surface area contributed by atoms with Gasteiger partial charge in [0.15, 0.2) is 0 Å². The van der Waals surface area contributed by atoms with Crippen LogP contribution >= 0.6 is 0 Å². The molecule has 3 fully saturated rings. The van der Waals surface area contributed by atoms with Crippen molar-refractivity contribution in [3.63, 3.8) is 0 Å². The number of piperidine rings is 1. The number of hydrogen-bond acceptors (Lipinski definition) is 6. The van der Waals surface area contributed by atoms with Crippen LogP contribution in [0.1, 0.15) is 50.3 Å². The smallest absolute Gasteiger partial charge is 0.258 e. The van der Waals surface area contributed by atoms with E-state index in [-0.39, 0.29) is 41.9 Å². The van der Waals surface area contributed by atoms with Crippen LogP contribution in [-0.2, 0) is 16.1 Å². The largest absolute Gasteiger partial charge is 0.396 e. The number of rotatable bonds is 4. The summed E-state index contributed by atoms with van der Waals surface area (Å²) in [6.07, 6.45) is 10.4. The first-order chi connectivity index (χ1) is 17.1. The second-order valence-corrected chi connectivity index (χ2v) is 10.4. The van der Waals surface area contributed by atoms with E-state index in [4.69, 9.17) is 0 Å². The molecule has 0 aromatic carbocycles. The van der Waals surface area contributed by atoms with Crippen molar-refractivity contribution in [2.45, 2.75) is 57.2 Å². The third kappa shape index (κ3) is 3.51. The SMILES string of the molecule is O=C([C@@H]1[C@@H](CO)[C@@H]2Cn3c(ccc(-c4cncnc4)c3=O)[C@@H]2N1C(=O)C1CCC1)N1CCCCC1. The van der Waals surface area contributed by atoms with Crippen molar-refractivity contribution in [3.05, 3.63) is 46.9 Å². The van der Waals surface area contributed by atoms with Gasteiger partial charge in [-0.2, -0.15) is 0 Å². The maximum absolute atomic E-state index is 13.8. The summed E-state index contributed by atoms with van der Waals surface area (Å²) in [5, 5.41) is 10.5. The molecule has 2 saturated heterocycles. The van der Waals surface area contributed by atoms with Crippen molar-refractivity contribution in [2.75, 3.05) is 19.7 Å². The van der Waals surface area contributed by atoms with E-state index in [1.165, 1.54) is 6.33 Å². The van der Waals surface area contributed by atoms with Gasteiger partial charge in [-0.15, -0.1) is 0 Å². The predicted molar refractivity (Wildman–Crippen MR) is 127 cm³/mol. The number of nitrogens with zero attached hydrogens (tertiary/aromatic N) is 5. The molecule has 0 spiro atoms. The number of carbonyl (C=O) groups is 2. The Morgan fingerprint density at radius 2 is 1.74 bits per heavy atom. The molecule has 4 aliphatic rings. The van der Waals surface area contributed by atoms with E-state index >= 15 is 0 Å². The first kappa shape index (κ1) is 22.4. The maximum Gasteiger partial charge on any atom is 0.258 e. The van der Waals surface area contributed by atoms with Crippen LogP contribution < -0.4 is 5.56 Å². The molecule has 0 bridgehead atoms. The van der Waals surface area contributed by atoms with Gasteiger partial charge in [-0.25, -0.2) is 9.97 Å². The molecule has 1 saturated carbocycles. The summed E-state index contributed by atoms with van der Waals surface area (Å²) >= 11 is 0. The first-order valence-corrected chi connectivity index (χ1v) is 12.8. The van der Waals surface area contributed by atoms with E-state index in [0.717, 1.165) is 44.2 Å². The van der Waals surface area contributed by atoms with Crippen molar-refractivity contribution in [2.24, 2.45) is 17.8 Å². The minimum absolute atomic E-state index is 0.000931. The highest BCUT2D eigenvalue weighted by Crippen LogP contribution is 2.51. The van der Waals surface area contributed by atoms with Crippen LogP contribution in [0.25, 0.3) is 11.1 Å². The van der Waals surface area contributed by atoms with Crippen molar-refractivity contribution in [1.29, 1.82) is 0 Å². The van der Waals surface area contributed by atoms with E-state index in [1.807, 2.05) is 11.0 Å². The summed E-state index contributed by atoms with van der Waals surface area (Å²) in [7, 11) is 0. The molecule has 0 unspecified atom stereocenters. The van der Waals surface area contributed by atoms with E-state index in [2.05, 4.69) is 9.97 Å². The highest BCUT2D eigenvalue weighted by Gasteiger charge is 2.58. The van der Waals surface area contributed by atoms with Crippen LogP contribution in [0.5, 0.6) is 0 Å². The predicted octanol–water partition coefficient (Wildman–Crippen LogP) is 1.61. The number of likely N-dealkylation sites (tertiary alicyclic amines) is 2. The molecule has 35 heavy (non-hydrogen) atoms. The number of fused-ring (bicyclic) bond motifs is 3. The molecule has 6 rings (SSSR count). The summed E-state index contributed by atoms with van der Waals surface area (Å²) < 4.78 is 1.73. The van der Waals surface area contributed by atoms with Crippen molar-refractivity contribution >= 4 is 11.8 Å². The fourth-order valence-corrected chi connectivity index (χ4v) is 6.54. The Morgan fingerprint density at radius 1 is 1.00 bits per heavy atom. The summed E-state index contributed by atoms with van der Waals surface area (Å²) in [5.74, 6) is -0.706. The molecular weight excluding hydrogens is 446 g/mol. The molecule has 184 valence electrons. The molecule has 9 nitrogen and oxygen atoms in total. The molecule has 5 heterocycles. The lowest BCUT2D eigenvalue weighted by Crippen LogP contribution is -2.54. The highest BCUT2D eigenvalue weighted by atomic mass is 16.3.